The van der Waals surface area contributed by atoms with Gasteiger partial charge in [0.2, 0.25) is 9.04 Å². The third-order valence-electron chi connectivity index (χ3n) is 5.85. The molecule has 1 atom stereocenters. The van der Waals surface area contributed by atoms with E-state index in [-0.39, 0.29) is 11.5 Å². The fraction of sp³-hybridized carbons (Fsp3) is 0.300. The number of hydrogen-bond donors (Lipinski definition) is 0. The number of ether oxygens (including phenoxy) is 2. The van der Waals surface area contributed by atoms with Crippen molar-refractivity contribution in [2.45, 2.75) is 40.0 Å². The van der Waals surface area contributed by atoms with Crippen LogP contribution in [0.15, 0.2) is 66.7 Å². The van der Waals surface area contributed by atoms with Crippen LogP contribution >= 0.6 is 11.3 Å². The highest BCUT2D eigenvalue weighted by molar-refractivity contribution is 7.21. The molecule has 6 heteroatoms. The molecule has 1 radical (unpaired) electrons. The second-order valence-electron chi connectivity index (χ2n) is 10.1. The Morgan fingerprint density at radius 1 is 0.889 bits per heavy atom. The molecule has 4 rings (SSSR count). The van der Waals surface area contributed by atoms with Crippen LogP contribution in [-0.4, -0.2) is 33.8 Å². The van der Waals surface area contributed by atoms with Crippen LogP contribution in [0, 0.1) is 5.41 Å². The summed E-state index contributed by atoms with van der Waals surface area (Å²) >= 11 is 1.68. The van der Waals surface area contributed by atoms with E-state index < -0.39 is 9.04 Å². The number of methoxy groups -OCH3 is 1. The summed E-state index contributed by atoms with van der Waals surface area (Å²) in [5, 5.41) is 1.01. The van der Waals surface area contributed by atoms with Gasteiger partial charge in [0.05, 0.1) is 23.4 Å². The van der Waals surface area contributed by atoms with Crippen LogP contribution in [0.2, 0.25) is 13.1 Å². The Balaban J connectivity index is 1.37. The number of hydrogen-bond acceptors (Lipinski definition) is 5. The molecule has 4 nitrogen and oxygen atoms in total. The number of rotatable bonds is 9. The van der Waals surface area contributed by atoms with E-state index in [1.165, 1.54) is 0 Å². The summed E-state index contributed by atoms with van der Waals surface area (Å²) in [4.78, 5) is 4.77. The Bertz CT molecular complexity index is 1310. The Labute approximate surface area is 220 Å². The molecule has 0 fully saturated rings. The van der Waals surface area contributed by atoms with Gasteiger partial charge in [-0.1, -0.05) is 69.3 Å². The van der Waals surface area contributed by atoms with Gasteiger partial charge in [-0.25, -0.2) is 4.98 Å². The van der Waals surface area contributed by atoms with Gasteiger partial charge in [0.25, 0.3) is 0 Å². The van der Waals surface area contributed by atoms with Gasteiger partial charge in [-0.2, -0.15) is 0 Å². The van der Waals surface area contributed by atoms with Crippen LogP contribution in [0.1, 0.15) is 31.9 Å². The van der Waals surface area contributed by atoms with Crippen LogP contribution < -0.4 is 9.47 Å². The highest BCUT2D eigenvalue weighted by Gasteiger charge is 2.27. The number of aromatic nitrogens is 1. The molecule has 0 aliphatic carbocycles. The summed E-state index contributed by atoms with van der Waals surface area (Å²) in [6, 6.07) is 22.7. The number of fused-ring (bicyclic) bond motifs is 1. The lowest BCUT2D eigenvalue weighted by molar-refractivity contribution is 0.0412. The van der Waals surface area contributed by atoms with Crippen molar-refractivity contribution < 1.29 is 13.9 Å². The lowest BCUT2D eigenvalue weighted by Gasteiger charge is -2.32. The van der Waals surface area contributed by atoms with Gasteiger partial charge in [0, 0.05) is 5.56 Å². The van der Waals surface area contributed by atoms with E-state index in [9.17, 15) is 0 Å². The van der Waals surface area contributed by atoms with E-state index in [0.29, 0.717) is 6.61 Å². The van der Waals surface area contributed by atoms with E-state index in [0.717, 1.165) is 43.4 Å². The molecule has 3 aromatic carbocycles. The average molecular weight is 517 g/mol. The van der Waals surface area contributed by atoms with Crippen LogP contribution in [0.5, 0.6) is 11.5 Å². The molecular formula is C30H34NO3SSi. The maximum absolute atomic E-state index is 6.17. The molecule has 0 saturated carbocycles. The maximum atomic E-state index is 6.17. The first-order valence-corrected chi connectivity index (χ1v) is 15.4. The largest absolute Gasteiger partial charge is 0.497 e. The summed E-state index contributed by atoms with van der Waals surface area (Å²) in [6.07, 6.45) is 4.32. The molecule has 0 spiro atoms. The van der Waals surface area contributed by atoms with Gasteiger partial charge >= 0.3 is 0 Å². The minimum Gasteiger partial charge on any atom is -0.497 e. The van der Waals surface area contributed by atoms with Crippen LogP contribution in [0.25, 0.3) is 32.9 Å². The molecule has 0 saturated heterocycles. The Kier molecular flexibility index (Phi) is 8.29. The fourth-order valence-corrected chi connectivity index (χ4v) is 5.67. The molecule has 1 aromatic heterocycles. The van der Waals surface area contributed by atoms with Crippen molar-refractivity contribution in [3.8, 4) is 22.1 Å². The zero-order chi connectivity index (χ0) is 25.7. The van der Waals surface area contributed by atoms with Crippen molar-refractivity contribution >= 4 is 42.7 Å². The van der Waals surface area contributed by atoms with Crippen molar-refractivity contribution in [1.82, 2.24) is 4.98 Å². The monoisotopic (exact) mass is 516 g/mol. The van der Waals surface area contributed by atoms with Gasteiger partial charge in [-0.3, -0.25) is 0 Å². The summed E-state index contributed by atoms with van der Waals surface area (Å²) in [5.74, 6) is 1.72. The summed E-state index contributed by atoms with van der Waals surface area (Å²) in [5.41, 5.74) is 4.42. The predicted molar refractivity (Wildman–Crippen MR) is 154 cm³/mol. The van der Waals surface area contributed by atoms with Gasteiger partial charge in [0.1, 0.15) is 23.1 Å². The molecule has 1 unspecified atom stereocenters. The van der Waals surface area contributed by atoms with Crippen molar-refractivity contribution in [1.29, 1.82) is 0 Å². The Hall–Kier alpha value is -2.93. The van der Waals surface area contributed by atoms with Crippen molar-refractivity contribution in [3.63, 3.8) is 0 Å². The third kappa shape index (κ3) is 6.84. The average Bonchev–Trinajstić information content (AvgIpc) is 3.28. The van der Waals surface area contributed by atoms with Crippen LogP contribution in [0.4, 0.5) is 0 Å². The molecule has 36 heavy (non-hydrogen) atoms. The highest BCUT2D eigenvalue weighted by Crippen LogP contribution is 2.32. The van der Waals surface area contributed by atoms with Crippen molar-refractivity contribution in [2.24, 2.45) is 5.41 Å². The Morgan fingerprint density at radius 3 is 2.08 bits per heavy atom. The minimum atomic E-state index is -0.783. The highest BCUT2D eigenvalue weighted by atomic mass is 32.1. The molecule has 0 amide bonds. The van der Waals surface area contributed by atoms with Crippen molar-refractivity contribution in [2.75, 3.05) is 13.7 Å². The zero-order valence-electron chi connectivity index (χ0n) is 21.9. The fourth-order valence-electron chi connectivity index (χ4n) is 3.68. The van der Waals surface area contributed by atoms with Crippen LogP contribution in [-0.2, 0) is 4.43 Å². The van der Waals surface area contributed by atoms with Crippen LogP contribution in [0.3, 0.4) is 0 Å². The second-order valence-corrected chi connectivity index (χ2v) is 13.2. The third-order valence-corrected chi connectivity index (χ3v) is 7.67. The molecule has 0 aliphatic rings. The molecule has 0 aliphatic heterocycles. The summed E-state index contributed by atoms with van der Waals surface area (Å²) < 4.78 is 18.7. The molecule has 0 bridgehead atoms. The lowest BCUT2D eigenvalue weighted by Crippen LogP contribution is -2.38. The van der Waals surface area contributed by atoms with E-state index in [1.54, 1.807) is 18.4 Å². The molecule has 187 valence electrons. The quantitative estimate of drug-likeness (QED) is 0.166. The second kappa shape index (κ2) is 11.4. The summed E-state index contributed by atoms with van der Waals surface area (Å²) in [7, 11) is 0.902. The van der Waals surface area contributed by atoms with Crippen molar-refractivity contribution in [3.05, 3.63) is 77.9 Å². The topological polar surface area (TPSA) is 40.6 Å². The zero-order valence-corrected chi connectivity index (χ0v) is 23.7. The molecule has 1 heterocycles. The van der Waals surface area contributed by atoms with Gasteiger partial charge in [-0.15, -0.1) is 11.3 Å². The van der Waals surface area contributed by atoms with E-state index in [2.05, 4.69) is 82.4 Å². The number of benzene rings is 3. The standard InChI is InChI=1S/C30H34NO3SSi/c1-30(2,3)28(34-36(5)6)20-33-24-15-11-22(12-16-24)8-7-21-9-13-23(14-10-21)29-31-26-18-17-25(32-4)19-27(26)35-29/h7-19,28H,20H2,1-6H3. The predicted octanol–water partition coefficient (Wildman–Crippen LogP) is 8.20. The number of thiazole rings is 1. The van der Waals surface area contributed by atoms with E-state index in [1.807, 2.05) is 30.3 Å². The van der Waals surface area contributed by atoms with Gasteiger partial charge in [0.15, 0.2) is 0 Å². The number of nitrogens with zero attached hydrogens (tertiary/aromatic N) is 1. The first kappa shape index (κ1) is 26.1. The van der Waals surface area contributed by atoms with Gasteiger partial charge < -0.3 is 13.9 Å². The molecule has 0 N–H and O–H groups in total. The van der Waals surface area contributed by atoms with Gasteiger partial charge in [-0.05, 0) is 60.0 Å². The SMILES string of the molecule is COc1ccc2nc(-c3ccc(C=Cc4ccc(OCC(O[Si](C)C)C(C)(C)C)cc4)cc3)sc2c1. The molecule has 4 aromatic rings. The van der Waals surface area contributed by atoms with E-state index in [4.69, 9.17) is 18.9 Å². The minimum absolute atomic E-state index is 0.0424. The smallest absolute Gasteiger partial charge is 0.205 e. The normalized spacial score (nSPS) is 13.0. The molecular weight excluding hydrogens is 482 g/mol. The Morgan fingerprint density at radius 2 is 1.50 bits per heavy atom. The first-order valence-electron chi connectivity index (χ1n) is 12.1. The lowest BCUT2D eigenvalue weighted by atomic mass is 9.90. The first-order chi connectivity index (χ1) is 17.2. The summed E-state index contributed by atoms with van der Waals surface area (Å²) in [6.45, 7) is 11.5. The van der Waals surface area contributed by atoms with E-state index >= 15 is 0 Å². The maximum Gasteiger partial charge on any atom is 0.205 e.